The Bertz CT molecular complexity index is 1350. The number of aromatic nitrogens is 3. The highest BCUT2D eigenvalue weighted by Gasteiger charge is 2.20. The number of hydrogen-bond acceptors (Lipinski definition) is 6. The number of rotatable bonds is 6. The molecule has 0 bridgehead atoms. The minimum Gasteiger partial charge on any atom is -0.386 e. The van der Waals surface area contributed by atoms with Crippen LogP contribution in [0.3, 0.4) is 0 Å². The number of benzene rings is 2. The van der Waals surface area contributed by atoms with Crippen LogP contribution in [-0.2, 0) is 17.7 Å². The van der Waals surface area contributed by atoms with Crippen molar-refractivity contribution < 1.29 is 14.6 Å². The quantitative estimate of drug-likeness (QED) is 0.335. The van der Waals surface area contributed by atoms with Crippen molar-refractivity contribution >= 4 is 28.2 Å². The first-order valence-electron chi connectivity index (χ1n) is 10.8. The molecule has 0 radical (unpaired) electrons. The summed E-state index contributed by atoms with van der Waals surface area (Å²) in [7, 11) is 0. The maximum absolute atomic E-state index is 14.5. The predicted molar refractivity (Wildman–Crippen MR) is 132 cm³/mol. The SMILES string of the molecule is CC(C)(O)c1ccc(F)c(CNc2c(Cl)cnc3ccc(-c4cnc(C(C)(C)O)nc4)cc23)c1. The molecule has 176 valence electrons. The summed E-state index contributed by atoms with van der Waals surface area (Å²) >= 11 is 6.47. The van der Waals surface area contributed by atoms with Gasteiger partial charge in [0.2, 0.25) is 0 Å². The Hall–Kier alpha value is -3.13. The first-order chi connectivity index (χ1) is 15.9. The van der Waals surface area contributed by atoms with E-state index in [0.29, 0.717) is 27.7 Å². The third kappa shape index (κ3) is 5.01. The summed E-state index contributed by atoms with van der Waals surface area (Å²) in [5.41, 5.74) is 1.77. The number of pyridine rings is 1. The lowest BCUT2D eigenvalue weighted by Gasteiger charge is -2.19. The van der Waals surface area contributed by atoms with Crippen molar-refractivity contribution in [3.63, 3.8) is 0 Å². The van der Waals surface area contributed by atoms with Gasteiger partial charge in [-0.3, -0.25) is 4.98 Å². The highest BCUT2D eigenvalue weighted by Crippen LogP contribution is 2.33. The molecule has 0 unspecified atom stereocenters. The van der Waals surface area contributed by atoms with Crippen LogP contribution in [0.25, 0.3) is 22.0 Å². The summed E-state index contributed by atoms with van der Waals surface area (Å²) in [5.74, 6) is -0.0425. The van der Waals surface area contributed by atoms with Gasteiger partial charge in [-0.05, 0) is 63.1 Å². The molecule has 0 spiro atoms. The number of nitrogens with one attached hydrogen (secondary N) is 1. The van der Waals surface area contributed by atoms with Crippen molar-refractivity contribution in [3.05, 3.63) is 82.8 Å². The molecule has 8 heteroatoms. The molecule has 0 saturated heterocycles. The van der Waals surface area contributed by atoms with Gasteiger partial charge in [0.05, 0.1) is 21.8 Å². The standard InChI is InChI=1S/C26H26ClFN4O2/c1-25(2,33)18-6-7-21(28)16(9-18)11-30-23-19-10-15(5-8-22(19)29-14-20(23)27)17-12-31-24(32-13-17)26(3,4)34/h5-10,12-14,33-34H,11H2,1-4H3,(H,29,30). The van der Waals surface area contributed by atoms with E-state index in [1.54, 1.807) is 58.4 Å². The second-order valence-corrected chi connectivity index (χ2v) is 9.69. The minimum atomic E-state index is -1.13. The van der Waals surface area contributed by atoms with Gasteiger partial charge in [-0.1, -0.05) is 23.7 Å². The zero-order valence-electron chi connectivity index (χ0n) is 19.4. The van der Waals surface area contributed by atoms with Crippen molar-refractivity contribution in [3.8, 4) is 11.1 Å². The molecule has 0 saturated carbocycles. The van der Waals surface area contributed by atoms with Crippen LogP contribution in [0.5, 0.6) is 0 Å². The lowest BCUT2D eigenvalue weighted by Crippen LogP contribution is -2.19. The van der Waals surface area contributed by atoms with Gasteiger partial charge in [0.25, 0.3) is 0 Å². The van der Waals surface area contributed by atoms with E-state index in [1.165, 1.54) is 6.07 Å². The lowest BCUT2D eigenvalue weighted by atomic mass is 9.96. The maximum atomic E-state index is 14.5. The number of nitrogens with zero attached hydrogens (tertiary/aromatic N) is 3. The smallest absolute Gasteiger partial charge is 0.159 e. The van der Waals surface area contributed by atoms with Crippen LogP contribution in [0.15, 0.2) is 55.0 Å². The van der Waals surface area contributed by atoms with Gasteiger partial charge in [-0.2, -0.15) is 0 Å². The second kappa shape index (κ2) is 8.91. The number of halogens is 2. The van der Waals surface area contributed by atoms with Crippen LogP contribution in [-0.4, -0.2) is 25.2 Å². The maximum Gasteiger partial charge on any atom is 0.159 e. The fourth-order valence-electron chi connectivity index (χ4n) is 3.59. The van der Waals surface area contributed by atoms with Crippen molar-refractivity contribution in [2.24, 2.45) is 0 Å². The Balaban J connectivity index is 1.69. The van der Waals surface area contributed by atoms with Crippen LogP contribution in [0.1, 0.15) is 44.6 Å². The van der Waals surface area contributed by atoms with E-state index < -0.39 is 11.2 Å². The third-order valence-electron chi connectivity index (χ3n) is 5.56. The minimum absolute atomic E-state index is 0.169. The average molecular weight is 481 g/mol. The van der Waals surface area contributed by atoms with E-state index >= 15 is 0 Å². The molecule has 2 aromatic heterocycles. The highest BCUT2D eigenvalue weighted by atomic mass is 35.5. The Morgan fingerprint density at radius 2 is 1.59 bits per heavy atom. The largest absolute Gasteiger partial charge is 0.386 e. The molecule has 2 aromatic carbocycles. The molecule has 2 heterocycles. The van der Waals surface area contributed by atoms with Gasteiger partial charge in [-0.15, -0.1) is 0 Å². The van der Waals surface area contributed by atoms with Crippen LogP contribution < -0.4 is 5.32 Å². The fourth-order valence-corrected chi connectivity index (χ4v) is 3.81. The topological polar surface area (TPSA) is 91.2 Å². The van der Waals surface area contributed by atoms with E-state index in [-0.39, 0.29) is 12.4 Å². The number of hydrogen-bond donors (Lipinski definition) is 3. The van der Waals surface area contributed by atoms with E-state index in [0.717, 1.165) is 22.0 Å². The average Bonchev–Trinajstić information content (AvgIpc) is 2.78. The van der Waals surface area contributed by atoms with Crippen molar-refractivity contribution in [1.82, 2.24) is 15.0 Å². The fraction of sp³-hybridized carbons (Fsp3) is 0.269. The third-order valence-corrected chi connectivity index (χ3v) is 5.85. The number of aliphatic hydroxyl groups is 2. The van der Waals surface area contributed by atoms with Gasteiger partial charge in [0, 0.05) is 41.6 Å². The molecule has 4 rings (SSSR count). The van der Waals surface area contributed by atoms with Crippen LogP contribution in [0.4, 0.5) is 10.1 Å². The van der Waals surface area contributed by atoms with Crippen LogP contribution >= 0.6 is 11.6 Å². The van der Waals surface area contributed by atoms with Crippen molar-refractivity contribution in [2.75, 3.05) is 5.32 Å². The summed E-state index contributed by atoms with van der Waals surface area (Å²) in [6, 6.07) is 10.3. The Morgan fingerprint density at radius 1 is 0.882 bits per heavy atom. The molecular weight excluding hydrogens is 455 g/mol. The summed E-state index contributed by atoms with van der Waals surface area (Å²) in [5, 5.41) is 24.8. The highest BCUT2D eigenvalue weighted by molar-refractivity contribution is 6.34. The van der Waals surface area contributed by atoms with E-state index in [2.05, 4.69) is 20.3 Å². The molecular formula is C26H26ClFN4O2. The molecule has 3 N–H and O–H groups in total. The second-order valence-electron chi connectivity index (χ2n) is 9.29. The molecule has 0 amide bonds. The van der Waals surface area contributed by atoms with Crippen LogP contribution in [0, 0.1) is 5.82 Å². The molecule has 0 aliphatic heterocycles. The van der Waals surface area contributed by atoms with Crippen LogP contribution in [0.2, 0.25) is 5.02 Å². The molecule has 0 aliphatic rings. The first-order valence-corrected chi connectivity index (χ1v) is 11.2. The molecule has 4 aromatic rings. The lowest BCUT2D eigenvalue weighted by molar-refractivity contribution is 0.0687. The van der Waals surface area contributed by atoms with Crippen molar-refractivity contribution in [1.29, 1.82) is 0 Å². The van der Waals surface area contributed by atoms with Gasteiger partial charge in [-0.25, -0.2) is 14.4 Å². The monoisotopic (exact) mass is 480 g/mol. The molecule has 34 heavy (non-hydrogen) atoms. The van der Waals surface area contributed by atoms with Gasteiger partial charge in [0.1, 0.15) is 11.4 Å². The van der Waals surface area contributed by atoms with E-state index in [4.69, 9.17) is 11.6 Å². The molecule has 0 atom stereocenters. The predicted octanol–water partition coefficient (Wildman–Crippen LogP) is 5.55. The first kappa shape index (κ1) is 24.0. The molecule has 6 nitrogen and oxygen atoms in total. The summed E-state index contributed by atoms with van der Waals surface area (Å²) < 4.78 is 14.5. The zero-order chi connectivity index (χ0) is 24.7. The van der Waals surface area contributed by atoms with Crippen molar-refractivity contribution in [2.45, 2.75) is 45.4 Å². The zero-order valence-corrected chi connectivity index (χ0v) is 20.2. The van der Waals surface area contributed by atoms with Gasteiger partial charge < -0.3 is 15.5 Å². The Labute approximate surface area is 202 Å². The summed E-state index contributed by atoms with van der Waals surface area (Å²) in [4.78, 5) is 13.0. The van der Waals surface area contributed by atoms with Gasteiger partial charge in [0.15, 0.2) is 5.82 Å². The van der Waals surface area contributed by atoms with Gasteiger partial charge >= 0.3 is 0 Å². The van der Waals surface area contributed by atoms with E-state index in [9.17, 15) is 14.6 Å². The van der Waals surface area contributed by atoms with E-state index in [1.807, 2.05) is 18.2 Å². The number of fused-ring (bicyclic) bond motifs is 1. The summed E-state index contributed by atoms with van der Waals surface area (Å²) in [6.07, 6.45) is 4.87. The molecule has 0 aliphatic carbocycles. The Kier molecular flexibility index (Phi) is 6.29. The number of anilines is 1. The normalized spacial score (nSPS) is 12.2. The Morgan fingerprint density at radius 3 is 2.24 bits per heavy atom. The molecule has 0 fully saturated rings. The summed E-state index contributed by atoms with van der Waals surface area (Å²) in [6.45, 7) is 6.74.